The van der Waals surface area contributed by atoms with Crippen molar-refractivity contribution in [1.29, 1.82) is 0 Å². The van der Waals surface area contributed by atoms with Gasteiger partial charge in [0.1, 0.15) is 18.0 Å². The second-order valence-electron chi connectivity index (χ2n) is 5.70. The van der Waals surface area contributed by atoms with Crippen LogP contribution in [-0.2, 0) is 6.42 Å². The van der Waals surface area contributed by atoms with Crippen LogP contribution in [0.25, 0.3) is 0 Å². The highest BCUT2D eigenvalue weighted by atomic mass is 15.2. The van der Waals surface area contributed by atoms with Gasteiger partial charge in [-0.05, 0) is 40.8 Å². The second-order valence-corrected chi connectivity index (χ2v) is 5.70. The minimum Gasteiger partial charge on any atom is -0.370 e. The van der Waals surface area contributed by atoms with E-state index in [1.807, 2.05) is 0 Å². The fraction of sp³-hybridized carbons (Fsp3) is 0.750. The lowest BCUT2D eigenvalue weighted by molar-refractivity contribution is 0.372. The summed E-state index contributed by atoms with van der Waals surface area (Å²) in [6, 6.07) is 0.421. The van der Waals surface area contributed by atoms with Gasteiger partial charge in [-0.25, -0.2) is 9.97 Å². The molecule has 120 valence electrons. The third-order valence-electron chi connectivity index (χ3n) is 3.59. The number of hydrogen-bond donors (Lipinski definition) is 1. The van der Waals surface area contributed by atoms with Crippen LogP contribution in [0, 0.1) is 0 Å². The van der Waals surface area contributed by atoms with Crippen molar-refractivity contribution in [2.45, 2.75) is 46.6 Å². The molecule has 0 saturated heterocycles. The summed E-state index contributed by atoms with van der Waals surface area (Å²) in [4.78, 5) is 13.6. The van der Waals surface area contributed by atoms with Crippen molar-refractivity contribution >= 4 is 11.6 Å². The van der Waals surface area contributed by atoms with Crippen LogP contribution in [0.5, 0.6) is 0 Å². The van der Waals surface area contributed by atoms with Crippen molar-refractivity contribution in [3.63, 3.8) is 0 Å². The molecule has 0 amide bonds. The number of anilines is 2. The Labute approximate surface area is 129 Å². The van der Waals surface area contributed by atoms with Gasteiger partial charge < -0.3 is 15.1 Å². The van der Waals surface area contributed by atoms with Gasteiger partial charge in [-0.2, -0.15) is 0 Å². The number of hydrogen-bond acceptors (Lipinski definition) is 5. The van der Waals surface area contributed by atoms with E-state index in [0.29, 0.717) is 6.04 Å². The van der Waals surface area contributed by atoms with Crippen molar-refractivity contribution < 1.29 is 0 Å². The predicted molar refractivity (Wildman–Crippen MR) is 91.2 cm³/mol. The zero-order valence-corrected chi connectivity index (χ0v) is 14.5. The smallest absolute Gasteiger partial charge is 0.137 e. The molecule has 0 bridgehead atoms. The Morgan fingerprint density at radius 2 is 1.90 bits per heavy atom. The van der Waals surface area contributed by atoms with E-state index in [-0.39, 0.29) is 0 Å². The highest BCUT2D eigenvalue weighted by Crippen LogP contribution is 2.25. The summed E-state index contributed by atoms with van der Waals surface area (Å²) in [5, 5.41) is 3.42. The molecule has 1 heterocycles. The van der Waals surface area contributed by atoms with Crippen LogP contribution in [0.4, 0.5) is 11.6 Å². The number of nitrogens with one attached hydrogen (secondary N) is 1. The second kappa shape index (κ2) is 8.82. The first kappa shape index (κ1) is 17.7. The van der Waals surface area contributed by atoms with Crippen LogP contribution in [0.3, 0.4) is 0 Å². The van der Waals surface area contributed by atoms with Crippen LogP contribution >= 0.6 is 0 Å². The van der Waals surface area contributed by atoms with E-state index in [9.17, 15) is 0 Å². The molecule has 0 aliphatic carbocycles. The first-order valence-corrected chi connectivity index (χ1v) is 8.04. The fourth-order valence-corrected chi connectivity index (χ4v) is 2.67. The van der Waals surface area contributed by atoms with E-state index in [1.165, 1.54) is 5.56 Å². The number of aromatic nitrogens is 2. The van der Waals surface area contributed by atoms with Crippen molar-refractivity contribution in [3.05, 3.63) is 11.9 Å². The summed E-state index contributed by atoms with van der Waals surface area (Å²) in [6.45, 7) is 11.7. The molecule has 21 heavy (non-hydrogen) atoms. The minimum atomic E-state index is 0.421. The molecule has 5 heteroatoms. The summed E-state index contributed by atoms with van der Waals surface area (Å²) >= 11 is 0. The molecule has 1 rings (SSSR count). The van der Waals surface area contributed by atoms with Gasteiger partial charge in [0.2, 0.25) is 0 Å². The van der Waals surface area contributed by atoms with Crippen molar-refractivity contribution in [2.24, 2.45) is 0 Å². The predicted octanol–water partition coefficient (Wildman–Crippen LogP) is 2.64. The Morgan fingerprint density at radius 3 is 2.43 bits per heavy atom. The Kier molecular flexibility index (Phi) is 7.43. The average Bonchev–Trinajstić information content (AvgIpc) is 2.45. The van der Waals surface area contributed by atoms with Crippen molar-refractivity contribution in [1.82, 2.24) is 14.9 Å². The quantitative estimate of drug-likeness (QED) is 0.758. The topological polar surface area (TPSA) is 44.3 Å². The van der Waals surface area contributed by atoms with E-state index in [1.54, 1.807) is 6.33 Å². The Bertz CT molecular complexity index is 419. The van der Waals surface area contributed by atoms with E-state index in [0.717, 1.165) is 44.1 Å². The summed E-state index contributed by atoms with van der Waals surface area (Å²) in [7, 11) is 4.22. The van der Waals surface area contributed by atoms with Gasteiger partial charge in [0.25, 0.3) is 0 Å². The Hall–Kier alpha value is -1.36. The van der Waals surface area contributed by atoms with Gasteiger partial charge >= 0.3 is 0 Å². The van der Waals surface area contributed by atoms with Gasteiger partial charge in [-0.3, -0.25) is 0 Å². The molecule has 0 saturated carbocycles. The summed E-state index contributed by atoms with van der Waals surface area (Å²) in [5.41, 5.74) is 1.22. The van der Waals surface area contributed by atoms with E-state index in [2.05, 4.69) is 66.9 Å². The lowest BCUT2D eigenvalue weighted by atomic mass is 10.1. The molecule has 0 radical (unpaired) electrons. The third-order valence-corrected chi connectivity index (χ3v) is 3.59. The van der Waals surface area contributed by atoms with Crippen molar-refractivity contribution in [2.75, 3.05) is 43.9 Å². The summed E-state index contributed by atoms with van der Waals surface area (Å²) in [5.74, 6) is 2.06. The monoisotopic (exact) mass is 293 g/mol. The van der Waals surface area contributed by atoms with Crippen molar-refractivity contribution in [3.8, 4) is 0 Å². The first-order chi connectivity index (χ1) is 10.0. The molecule has 0 aliphatic heterocycles. The van der Waals surface area contributed by atoms with E-state index >= 15 is 0 Å². The molecule has 1 unspecified atom stereocenters. The molecule has 0 aliphatic rings. The van der Waals surface area contributed by atoms with E-state index < -0.39 is 0 Å². The largest absolute Gasteiger partial charge is 0.370 e. The minimum absolute atomic E-state index is 0.421. The van der Waals surface area contributed by atoms with Gasteiger partial charge in [0, 0.05) is 31.2 Å². The summed E-state index contributed by atoms with van der Waals surface area (Å²) < 4.78 is 0. The molecular weight excluding hydrogens is 262 g/mol. The third kappa shape index (κ3) is 4.84. The molecule has 5 nitrogen and oxygen atoms in total. The fourth-order valence-electron chi connectivity index (χ4n) is 2.67. The standard InChI is InChI=1S/C16H31N5/c1-7-10-17-15-14(8-2)16(19-12-18-15)21(9-3)13(4)11-20(5)6/h12-13H,7-11H2,1-6H3,(H,17,18,19). The van der Waals surface area contributed by atoms with Gasteiger partial charge in [0.05, 0.1) is 0 Å². The highest BCUT2D eigenvalue weighted by molar-refractivity contribution is 5.59. The zero-order valence-electron chi connectivity index (χ0n) is 14.5. The zero-order chi connectivity index (χ0) is 15.8. The van der Waals surface area contributed by atoms with Crippen LogP contribution < -0.4 is 10.2 Å². The number of rotatable bonds is 9. The Morgan fingerprint density at radius 1 is 1.19 bits per heavy atom. The lowest BCUT2D eigenvalue weighted by Gasteiger charge is -2.32. The molecule has 1 atom stereocenters. The normalized spacial score (nSPS) is 12.5. The highest BCUT2D eigenvalue weighted by Gasteiger charge is 2.19. The maximum absolute atomic E-state index is 4.57. The molecule has 1 aromatic heterocycles. The Balaban J connectivity index is 3.07. The molecule has 1 aromatic rings. The van der Waals surface area contributed by atoms with Gasteiger partial charge in [0.15, 0.2) is 0 Å². The number of likely N-dealkylation sites (N-methyl/N-ethyl adjacent to an activating group) is 2. The van der Waals surface area contributed by atoms with Gasteiger partial charge in [-0.1, -0.05) is 13.8 Å². The number of nitrogens with zero attached hydrogens (tertiary/aromatic N) is 4. The SMILES string of the molecule is CCCNc1ncnc(N(CC)C(C)CN(C)C)c1CC. The van der Waals surface area contributed by atoms with E-state index in [4.69, 9.17) is 0 Å². The molecule has 0 aromatic carbocycles. The van der Waals surface area contributed by atoms with Gasteiger partial charge in [-0.15, -0.1) is 0 Å². The van der Waals surface area contributed by atoms with Crippen LogP contribution in [0.2, 0.25) is 0 Å². The van der Waals surface area contributed by atoms with Crippen LogP contribution in [0.15, 0.2) is 6.33 Å². The van der Waals surface area contributed by atoms with Crippen LogP contribution in [-0.4, -0.2) is 54.6 Å². The lowest BCUT2D eigenvalue weighted by Crippen LogP contribution is -2.41. The van der Waals surface area contributed by atoms with Crippen LogP contribution in [0.1, 0.15) is 39.7 Å². The maximum Gasteiger partial charge on any atom is 0.137 e. The molecule has 0 spiro atoms. The molecule has 0 fully saturated rings. The molecule has 1 N–H and O–H groups in total. The maximum atomic E-state index is 4.57. The average molecular weight is 293 g/mol. The molecular formula is C16H31N5. The first-order valence-electron chi connectivity index (χ1n) is 8.04. The summed E-state index contributed by atoms with van der Waals surface area (Å²) in [6.07, 6.45) is 3.71.